The molecular formula is C33H49N5O5S. The molecule has 4 amide bonds. The summed E-state index contributed by atoms with van der Waals surface area (Å²) in [4.78, 5) is 56.3. The van der Waals surface area contributed by atoms with E-state index in [1.165, 1.54) is 24.6 Å². The van der Waals surface area contributed by atoms with E-state index in [-0.39, 0.29) is 60.1 Å². The van der Waals surface area contributed by atoms with Gasteiger partial charge in [-0.1, -0.05) is 49.6 Å². The highest BCUT2D eigenvalue weighted by Gasteiger charge is 2.63. The molecule has 3 saturated heterocycles. The monoisotopic (exact) mass is 627 g/mol. The second-order valence-electron chi connectivity index (χ2n) is 14.6. The Balaban J connectivity index is 1.16. The Kier molecular flexibility index (Phi) is 9.68. The summed E-state index contributed by atoms with van der Waals surface area (Å²) in [7, 11) is 0. The van der Waals surface area contributed by atoms with E-state index in [0.717, 1.165) is 31.4 Å². The first kappa shape index (κ1) is 32.8. The van der Waals surface area contributed by atoms with Gasteiger partial charge in [0.25, 0.3) is 0 Å². The highest BCUT2D eigenvalue weighted by atomic mass is 32.2. The summed E-state index contributed by atoms with van der Waals surface area (Å²) in [5.74, 6) is 0.239. The number of β-lactam (4-membered cyclic amide) rings is 1. The zero-order valence-corrected chi connectivity index (χ0v) is 27.5. The molecule has 4 N–H and O–H groups in total. The molecule has 0 aromatic heterocycles. The number of aliphatic hydroxyl groups is 1. The minimum Gasteiger partial charge on any atom is -0.390 e. The Morgan fingerprint density at radius 2 is 1.75 bits per heavy atom. The van der Waals surface area contributed by atoms with Crippen molar-refractivity contribution in [1.82, 2.24) is 25.8 Å². The number of piperidine rings is 1. The van der Waals surface area contributed by atoms with Gasteiger partial charge in [0.2, 0.25) is 23.6 Å². The minimum absolute atomic E-state index is 0.00441. The van der Waals surface area contributed by atoms with Gasteiger partial charge in [-0.3, -0.25) is 24.1 Å². The highest BCUT2D eigenvalue weighted by molar-refractivity contribution is 8.01. The third-order valence-corrected chi connectivity index (χ3v) is 11.0. The van der Waals surface area contributed by atoms with Crippen LogP contribution in [0.4, 0.5) is 0 Å². The minimum atomic E-state index is -0.867. The maximum absolute atomic E-state index is 13.5. The van der Waals surface area contributed by atoms with Gasteiger partial charge in [0.15, 0.2) is 0 Å². The molecule has 0 radical (unpaired) electrons. The smallest absolute Gasteiger partial charge is 0.249 e. The van der Waals surface area contributed by atoms with Crippen LogP contribution in [-0.2, 0) is 25.6 Å². The molecule has 44 heavy (non-hydrogen) atoms. The maximum atomic E-state index is 13.5. The molecule has 1 aromatic rings. The number of benzene rings is 1. The number of amides is 4. The molecule has 1 saturated carbocycles. The van der Waals surface area contributed by atoms with E-state index in [4.69, 9.17) is 0 Å². The van der Waals surface area contributed by atoms with E-state index in [1.807, 2.05) is 65.0 Å². The predicted molar refractivity (Wildman–Crippen MR) is 171 cm³/mol. The summed E-state index contributed by atoms with van der Waals surface area (Å²) in [5, 5.41) is 19.6. The van der Waals surface area contributed by atoms with Crippen LogP contribution in [0.5, 0.6) is 0 Å². The number of carbonyl (C=O) groups excluding carboxylic acids is 4. The van der Waals surface area contributed by atoms with Gasteiger partial charge in [0.1, 0.15) is 17.5 Å². The van der Waals surface area contributed by atoms with Crippen molar-refractivity contribution in [2.75, 3.05) is 19.6 Å². The van der Waals surface area contributed by atoms with Crippen molar-refractivity contribution in [1.29, 1.82) is 0 Å². The molecular weight excluding hydrogens is 578 g/mol. The van der Waals surface area contributed by atoms with Crippen LogP contribution in [0, 0.1) is 11.8 Å². The van der Waals surface area contributed by atoms with Crippen molar-refractivity contribution >= 4 is 35.4 Å². The van der Waals surface area contributed by atoms with Gasteiger partial charge in [-0.15, -0.1) is 11.8 Å². The highest BCUT2D eigenvalue weighted by Crippen LogP contribution is 2.50. The number of nitrogens with zero attached hydrogens (tertiary/aromatic N) is 2. The molecule has 1 unspecified atom stereocenters. The van der Waals surface area contributed by atoms with E-state index in [9.17, 15) is 24.3 Å². The van der Waals surface area contributed by atoms with Crippen molar-refractivity contribution < 1.29 is 24.3 Å². The molecule has 0 bridgehead atoms. The first-order valence-corrected chi connectivity index (χ1v) is 17.0. The van der Waals surface area contributed by atoms with Gasteiger partial charge in [0.05, 0.1) is 18.6 Å². The Labute approximate surface area is 265 Å². The number of nitrogens with one attached hydrogen (secondary N) is 3. The topological polar surface area (TPSA) is 131 Å². The molecule has 10 nitrogen and oxygen atoms in total. The zero-order valence-electron chi connectivity index (χ0n) is 26.7. The number of carbonyl (C=O) groups is 4. The van der Waals surface area contributed by atoms with Crippen LogP contribution in [0.15, 0.2) is 30.3 Å². The van der Waals surface area contributed by atoms with Crippen molar-refractivity contribution in [3.63, 3.8) is 0 Å². The second kappa shape index (κ2) is 13.0. The lowest BCUT2D eigenvalue weighted by Gasteiger charge is -2.46. The Morgan fingerprint density at radius 3 is 2.43 bits per heavy atom. The molecule has 4 aliphatic rings. The molecule has 3 aliphatic heterocycles. The molecule has 4 fully saturated rings. The van der Waals surface area contributed by atoms with Crippen LogP contribution in [0.1, 0.15) is 72.3 Å². The van der Waals surface area contributed by atoms with E-state index in [0.29, 0.717) is 11.8 Å². The second-order valence-corrected chi connectivity index (χ2v) is 16.4. The normalized spacial score (nSPS) is 30.4. The lowest BCUT2D eigenvalue weighted by Crippen LogP contribution is -2.71. The van der Waals surface area contributed by atoms with Crippen LogP contribution < -0.4 is 16.0 Å². The Hall–Kier alpha value is -2.63. The summed E-state index contributed by atoms with van der Waals surface area (Å²) in [6.45, 7) is 10.9. The van der Waals surface area contributed by atoms with Gasteiger partial charge in [0, 0.05) is 29.9 Å². The van der Waals surface area contributed by atoms with Gasteiger partial charge in [-0.25, -0.2) is 0 Å². The summed E-state index contributed by atoms with van der Waals surface area (Å²) < 4.78 is -0.576. The van der Waals surface area contributed by atoms with Gasteiger partial charge in [-0.05, 0) is 64.9 Å². The average molecular weight is 628 g/mol. The first-order valence-electron chi connectivity index (χ1n) is 16.1. The van der Waals surface area contributed by atoms with Gasteiger partial charge >= 0.3 is 0 Å². The third-order valence-electron chi connectivity index (χ3n) is 9.47. The molecule has 11 heteroatoms. The number of fused-ring (bicyclic) bond motifs is 2. The molecule has 0 spiro atoms. The maximum Gasteiger partial charge on any atom is 0.249 e. The number of likely N-dealkylation sites (tertiary alicyclic amines) is 1. The van der Waals surface area contributed by atoms with Crippen molar-refractivity contribution in [2.45, 2.75) is 113 Å². The fourth-order valence-electron chi connectivity index (χ4n) is 7.45. The summed E-state index contributed by atoms with van der Waals surface area (Å²) in [6, 6.07) is 7.67. The third kappa shape index (κ3) is 7.26. The average Bonchev–Trinajstić information content (AvgIpc) is 3.21. The van der Waals surface area contributed by atoms with Crippen LogP contribution in [-0.4, -0.2) is 98.1 Å². The first-order chi connectivity index (χ1) is 20.7. The predicted octanol–water partition coefficient (Wildman–Crippen LogP) is 2.05. The molecule has 1 aromatic carbocycles. The SMILES string of the molecule is CC(C)(C)NC(=O)[C@@H]1C[C@@H]2CCCC[C@@H]2CN1CC(O)CNC(=O)[C@@H]1N2C(=O)[C@@H](NC(=O)Cc3ccccc3)[C@H]2SC1(C)C. The number of hydrogen-bond acceptors (Lipinski definition) is 7. The molecule has 7 atom stereocenters. The van der Waals surface area contributed by atoms with E-state index in [1.54, 1.807) is 4.90 Å². The number of thioether (sulfide) groups is 1. The fourth-order valence-corrected chi connectivity index (χ4v) is 9.09. The van der Waals surface area contributed by atoms with E-state index >= 15 is 0 Å². The van der Waals surface area contributed by atoms with Crippen molar-refractivity contribution in [3.05, 3.63) is 35.9 Å². The zero-order chi connectivity index (χ0) is 31.8. The summed E-state index contributed by atoms with van der Waals surface area (Å²) in [5.41, 5.74) is 0.522. The number of rotatable bonds is 9. The fraction of sp³-hybridized carbons (Fsp3) is 0.697. The number of aliphatic hydroxyl groups excluding tert-OH is 1. The van der Waals surface area contributed by atoms with Crippen molar-refractivity contribution in [2.24, 2.45) is 11.8 Å². The van der Waals surface area contributed by atoms with Crippen LogP contribution in [0.3, 0.4) is 0 Å². The van der Waals surface area contributed by atoms with Gasteiger partial charge in [-0.2, -0.15) is 0 Å². The lowest BCUT2D eigenvalue weighted by molar-refractivity contribution is -0.155. The molecule has 242 valence electrons. The Bertz CT molecular complexity index is 1240. The molecule has 1 aliphatic carbocycles. The van der Waals surface area contributed by atoms with Crippen LogP contribution >= 0.6 is 11.8 Å². The van der Waals surface area contributed by atoms with E-state index < -0.39 is 22.9 Å². The van der Waals surface area contributed by atoms with E-state index in [2.05, 4.69) is 20.9 Å². The number of β-amino-alcohol motifs (C(OH)–C–C–N with tert-alkyl or cyclic N) is 1. The quantitative estimate of drug-likeness (QED) is 0.309. The van der Waals surface area contributed by atoms with Gasteiger partial charge < -0.3 is 26.0 Å². The van der Waals surface area contributed by atoms with Crippen molar-refractivity contribution in [3.8, 4) is 0 Å². The number of hydrogen-bond donors (Lipinski definition) is 4. The molecule has 5 rings (SSSR count). The summed E-state index contributed by atoms with van der Waals surface area (Å²) in [6.07, 6.45) is 4.82. The lowest BCUT2D eigenvalue weighted by atomic mass is 9.72. The van der Waals surface area contributed by atoms with Crippen LogP contribution in [0.25, 0.3) is 0 Å². The largest absolute Gasteiger partial charge is 0.390 e. The Morgan fingerprint density at radius 1 is 1.07 bits per heavy atom. The standard InChI is InChI=1S/C33H49N5O5S/c1-32(2,3)36-28(41)24-16-21-13-9-10-14-22(21)18-37(24)19-23(39)17-34-29(42)27-33(4,5)44-31-26(30(43)38(27)31)35-25(40)15-20-11-7-6-8-12-20/h6-8,11-12,21-24,26-27,31,39H,9-10,13-19H2,1-5H3,(H,34,42)(H,35,40)(H,36,41)/t21-,22+,23?,24-,26+,27-,31+/m0/s1. The molecule has 3 heterocycles. The summed E-state index contributed by atoms with van der Waals surface area (Å²) >= 11 is 1.51. The van der Waals surface area contributed by atoms with Crippen LogP contribution in [0.2, 0.25) is 0 Å².